The summed E-state index contributed by atoms with van der Waals surface area (Å²) in [6, 6.07) is 19.7. The minimum atomic E-state index is -0.132. The van der Waals surface area contributed by atoms with Crippen LogP contribution in [-0.4, -0.2) is 54.3 Å². The van der Waals surface area contributed by atoms with Crippen LogP contribution in [0.3, 0.4) is 0 Å². The van der Waals surface area contributed by atoms with E-state index in [2.05, 4.69) is 45.2 Å². The number of nitrogens with zero attached hydrogens (tertiary/aromatic N) is 3. The van der Waals surface area contributed by atoms with Gasteiger partial charge in [0, 0.05) is 63.5 Å². The van der Waals surface area contributed by atoms with Crippen molar-refractivity contribution < 1.29 is 9.59 Å². The summed E-state index contributed by atoms with van der Waals surface area (Å²) in [5, 5.41) is 3.04. The zero-order chi connectivity index (χ0) is 24.5. The smallest absolute Gasteiger partial charge is 0.224 e. The van der Waals surface area contributed by atoms with Gasteiger partial charge in [-0.25, -0.2) is 0 Å². The van der Waals surface area contributed by atoms with Crippen molar-refractivity contribution in [1.29, 1.82) is 0 Å². The van der Waals surface area contributed by atoms with Crippen LogP contribution < -0.4 is 10.2 Å². The Morgan fingerprint density at radius 1 is 0.857 bits per heavy atom. The van der Waals surface area contributed by atoms with Crippen LogP contribution >= 0.6 is 0 Å². The van der Waals surface area contributed by atoms with Gasteiger partial charge in [-0.1, -0.05) is 43.3 Å². The van der Waals surface area contributed by atoms with Crippen molar-refractivity contribution in [2.75, 3.05) is 42.9 Å². The Balaban J connectivity index is 1.27. The van der Waals surface area contributed by atoms with E-state index < -0.39 is 0 Å². The molecule has 2 heterocycles. The molecule has 2 aromatic carbocycles. The van der Waals surface area contributed by atoms with Crippen LogP contribution in [-0.2, 0) is 17.6 Å². The lowest BCUT2D eigenvalue weighted by Crippen LogP contribution is -2.47. The van der Waals surface area contributed by atoms with E-state index >= 15 is 0 Å². The third kappa shape index (κ3) is 6.99. The van der Waals surface area contributed by atoms with Crippen LogP contribution in [0.1, 0.15) is 41.3 Å². The van der Waals surface area contributed by atoms with Gasteiger partial charge in [0.15, 0.2) is 5.78 Å². The topological polar surface area (TPSA) is 65.5 Å². The fourth-order valence-corrected chi connectivity index (χ4v) is 4.41. The first kappa shape index (κ1) is 24.6. The Bertz CT molecular complexity index is 1110. The number of nitrogens with one attached hydrogen (secondary N) is 1. The van der Waals surface area contributed by atoms with Gasteiger partial charge >= 0.3 is 0 Å². The summed E-state index contributed by atoms with van der Waals surface area (Å²) >= 11 is 0. The number of piperazine rings is 1. The molecular weight excluding hydrogens is 436 g/mol. The molecule has 1 amide bonds. The first-order valence-electron chi connectivity index (χ1n) is 12.5. The zero-order valence-electron chi connectivity index (χ0n) is 20.5. The van der Waals surface area contributed by atoms with E-state index in [4.69, 9.17) is 0 Å². The maximum atomic E-state index is 12.7. The molecular formula is C29H34N4O2. The maximum absolute atomic E-state index is 12.7. The molecule has 6 heteroatoms. The molecule has 1 saturated heterocycles. The van der Waals surface area contributed by atoms with E-state index in [1.807, 2.05) is 54.9 Å². The molecule has 1 N–H and O–H groups in total. The highest BCUT2D eigenvalue weighted by atomic mass is 16.2. The van der Waals surface area contributed by atoms with Gasteiger partial charge in [-0.15, -0.1) is 0 Å². The third-order valence-electron chi connectivity index (χ3n) is 6.62. The summed E-state index contributed by atoms with van der Waals surface area (Å²) in [4.78, 5) is 34.1. The molecule has 1 aliphatic rings. The van der Waals surface area contributed by atoms with Gasteiger partial charge < -0.3 is 10.2 Å². The quantitative estimate of drug-likeness (QED) is 0.439. The number of pyridine rings is 1. The van der Waals surface area contributed by atoms with Gasteiger partial charge in [-0.3, -0.25) is 19.5 Å². The normalized spacial score (nSPS) is 14.0. The number of aryl methyl sites for hydroxylation is 1. The predicted molar refractivity (Wildman–Crippen MR) is 141 cm³/mol. The van der Waals surface area contributed by atoms with E-state index in [0.717, 1.165) is 56.9 Å². The number of benzene rings is 2. The molecule has 1 aliphatic heterocycles. The van der Waals surface area contributed by atoms with Crippen molar-refractivity contribution in [3.8, 4) is 0 Å². The fraction of sp³-hybridized carbons (Fsp3) is 0.345. The molecule has 3 aromatic rings. The van der Waals surface area contributed by atoms with Crippen LogP contribution in [0.5, 0.6) is 0 Å². The summed E-state index contributed by atoms with van der Waals surface area (Å²) in [5.74, 6) is -0.133. The van der Waals surface area contributed by atoms with E-state index in [1.165, 1.54) is 11.1 Å². The summed E-state index contributed by atoms with van der Waals surface area (Å²) in [6.07, 6.45) is 6.03. The average molecular weight is 471 g/mol. The molecule has 4 rings (SSSR count). The molecule has 182 valence electrons. The lowest BCUT2D eigenvalue weighted by atomic mass is 10.0. The highest BCUT2D eigenvalue weighted by molar-refractivity contribution is 6.01. The number of Topliss-reactive ketones (excluding diaryl/α,β-unsaturated/α-hetero) is 1. The number of hydrogen-bond donors (Lipinski definition) is 1. The lowest BCUT2D eigenvalue weighted by Gasteiger charge is -2.37. The molecule has 1 aromatic heterocycles. The SMILES string of the molecule is CCc1ccc(C(=O)CCC(=O)Nc2ccccc2N2CCN(CCc3ccncc3)CC2)cc1. The second kappa shape index (κ2) is 12.3. The average Bonchev–Trinajstić information content (AvgIpc) is 2.92. The van der Waals surface area contributed by atoms with Crippen molar-refractivity contribution in [3.63, 3.8) is 0 Å². The summed E-state index contributed by atoms with van der Waals surface area (Å²) < 4.78 is 0. The van der Waals surface area contributed by atoms with Crippen LogP contribution in [0.25, 0.3) is 0 Å². The van der Waals surface area contributed by atoms with Crippen molar-refractivity contribution >= 4 is 23.1 Å². The largest absolute Gasteiger partial charge is 0.367 e. The number of rotatable bonds is 10. The number of ketones is 1. The Morgan fingerprint density at radius 3 is 2.29 bits per heavy atom. The van der Waals surface area contributed by atoms with E-state index in [1.54, 1.807) is 0 Å². The van der Waals surface area contributed by atoms with Gasteiger partial charge in [0.1, 0.15) is 0 Å². The van der Waals surface area contributed by atoms with E-state index in [9.17, 15) is 9.59 Å². The number of carbonyl (C=O) groups excluding carboxylic acids is 2. The maximum Gasteiger partial charge on any atom is 0.224 e. The standard InChI is InChI=1S/C29H34N4O2/c1-2-23-7-9-25(10-8-23)28(34)11-12-29(35)31-26-5-3-4-6-27(26)33-21-19-32(20-22-33)18-15-24-13-16-30-17-14-24/h3-10,13-14,16-17H,2,11-12,15,18-22H2,1H3,(H,31,35). The first-order valence-corrected chi connectivity index (χ1v) is 12.5. The number of para-hydroxylation sites is 2. The van der Waals surface area contributed by atoms with Gasteiger partial charge in [0.05, 0.1) is 11.4 Å². The van der Waals surface area contributed by atoms with Gasteiger partial charge in [0.2, 0.25) is 5.91 Å². The Kier molecular flexibility index (Phi) is 8.63. The number of hydrogen-bond acceptors (Lipinski definition) is 5. The molecule has 0 atom stereocenters. The monoisotopic (exact) mass is 470 g/mol. The number of anilines is 2. The molecule has 1 fully saturated rings. The van der Waals surface area contributed by atoms with Crippen LogP contribution in [0.2, 0.25) is 0 Å². The highest BCUT2D eigenvalue weighted by Crippen LogP contribution is 2.27. The number of carbonyl (C=O) groups is 2. The second-order valence-electron chi connectivity index (χ2n) is 8.97. The minimum Gasteiger partial charge on any atom is -0.367 e. The third-order valence-corrected chi connectivity index (χ3v) is 6.62. The summed E-state index contributed by atoms with van der Waals surface area (Å²) in [7, 11) is 0. The van der Waals surface area contributed by atoms with Crippen molar-refractivity contribution in [2.45, 2.75) is 32.6 Å². The molecule has 0 spiro atoms. The molecule has 6 nitrogen and oxygen atoms in total. The van der Waals surface area contributed by atoms with Gasteiger partial charge in [-0.05, 0) is 48.2 Å². The fourth-order valence-electron chi connectivity index (χ4n) is 4.41. The van der Waals surface area contributed by atoms with Crippen LogP contribution in [0.15, 0.2) is 73.1 Å². The summed E-state index contributed by atoms with van der Waals surface area (Å²) in [5.41, 5.74) is 5.02. The lowest BCUT2D eigenvalue weighted by molar-refractivity contribution is -0.116. The van der Waals surface area contributed by atoms with Crippen molar-refractivity contribution in [3.05, 3.63) is 89.7 Å². The molecule has 0 aliphatic carbocycles. The second-order valence-corrected chi connectivity index (χ2v) is 8.97. The Labute approximate surface area is 208 Å². The van der Waals surface area contributed by atoms with Gasteiger partial charge in [-0.2, -0.15) is 0 Å². The number of aromatic nitrogens is 1. The molecule has 0 unspecified atom stereocenters. The molecule has 0 bridgehead atoms. The molecule has 0 saturated carbocycles. The minimum absolute atomic E-state index is 0.000948. The Hall–Kier alpha value is -3.51. The van der Waals surface area contributed by atoms with E-state index in [-0.39, 0.29) is 24.5 Å². The van der Waals surface area contributed by atoms with Crippen LogP contribution in [0, 0.1) is 0 Å². The first-order chi connectivity index (χ1) is 17.1. The van der Waals surface area contributed by atoms with Gasteiger partial charge in [0.25, 0.3) is 0 Å². The highest BCUT2D eigenvalue weighted by Gasteiger charge is 2.20. The van der Waals surface area contributed by atoms with E-state index in [0.29, 0.717) is 5.56 Å². The summed E-state index contributed by atoms with van der Waals surface area (Å²) in [6.45, 7) is 6.91. The Morgan fingerprint density at radius 2 is 1.57 bits per heavy atom. The molecule has 35 heavy (non-hydrogen) atoms. The van der Waals surface area contributed by atoms with Crippen molar-refractivity contribution in [1.82, 2.24) is 9.88 Å². The molecule has 0 radical (unpaired) electrons. The predicted octanol–water partition coefficient (Wildman–Crippen LogP) is 4.61. The zero-order valence-corrected chi connectivity index (χ0v) is 20.5. The van der Waals surface area contributed by atoms with Crippen LogP contribution in [0.4, 0.5) is 11.4 Å². The van der Waals surface area contributed by atoms with Crippen molar-refractivity contribution in [2.24, 2.45) is 0 Å². The number of amides is 1.